The molecule has 0 amide bonds. The zero-order chi connectivity index (χ0) is 21.9. The molecule has 7 nitrogen and oxygen atoms in total. The molecule has 6 rings (SSSR count). The third-order valence-electron chi connectivity index (χ3n) is 5.95. The van der Waals surface area contributed by atoms with Crippen molar-refractivity contribution in [1.82, 2.24) is 19.8 Å². The van der Waals surface area contributed by atoms with E-state index in [0.29, 0.717) is 5.82 Å². The minimum absolute atomic E-state index is 0.143. The van der Waals surface area contributed by atoms with E-state index in [9.17, 15) is 8.42 Å². The molecule has 32 heavy (non-hydrogen) atoms. The quantitative estimate of drug-likeness (QED) is 0.418. The number of hydrogen-bond acceptors (Lipinski definition) is 6. The predicted molar refractivity (Wildman–Crippen MR) is 122 cm³/mol. The Kier molecular flexibility index (Phi) is 4.06. The second-order valence-corrected chi connectivity index (χ2v) is 9.82. The number of rotatable bonds is 3. The van der Waals surface area contributed by atoms with Crippen LogP contribution in [0.1, 0.15) is 12.5 Å². The van der Waals surface area contributed by atoms with E-state index in [-0.39, 0.29) is 21.6 Å². The van der Waals surface area contributed by atoms with E-state index in [0.717, 1.165) is 23.0 Å². The molecule has 0 aliphatic carbocycles. The average Bonchev–Trinajstić information content (AvgIpc) is 3.40. The molecular weight excluding hydrogens is 422 g/mol. The lowest BCUT2D eigenvalue weighted by atomic mass is 10.1. The lowest BCUT2D eigenvalue weighted by Gasteiger charge is -2.25. The van der Waals surface area contributed by atoms with Gasteiger partial charge in [0.15, 0.2) is 5.65 Å². The normalized spacial score (nSPS) is 16.0. The van der Waals surface area contributed by atoms with Crippen molar-refractivity contribution in [2.24, 2.45) is 0 Å². The van der Waals surface area contributed by atoms with Gasteiger partial charge in [-0.25, -0.2) is 13.4 Å². The molecule has 0 saturated carbocycles. The van der Waals surface area contributed by atoms with Crippen LogP contribution in [0.2, 0.25) is 0 Å². The summed E-state index contributed by atoms with van der Waals surface area (Å²) in [7, 11) is -3.88. The molecule has 8 heteroatoms. The molecule has 1 atom stereocenters. The van der Waals surface area contributed by atoms with Gasteiger partial charge in [-0.05, 0) is 49.2 Å². The minimum atomic E-state index is -3.88. The zero-order valence-electron chi connectivity index (χ0n) is 17.3. The van der Waals surface area contributed by atoms with Gasteiger partial charge in [-0.2, -0.15) is 4.52 Å². The van der Waals surface area contributed by atoms with Gasteiger partial charge in [-0.1, -0.05) is 53.7 Å². The first kappa shape index (κ1) is 18.9. The number of nitrogens with zero attached hydrogens (tertiary/aromatic N) is 5. The van der Waals surface area contributed by atoms with Crippen LogP contribution < -0.4 is 4.90 Å². The van der Waals surface area contributed by atoms with Crippen LogP contribution in [0, 0.1) is 0 Å². The van der Waals surface area contributed by atoms with E-state index in [2.05, 4.69) is 34.3 Å². The Hall–Kier alpha value is -3.78. The van der Waals surface area contributed by atoms with Gasteiger partial charge >= 0.3 is 0 Å². The molecule has 2 aromatic heterocycles. The maximum Gasteiger partial charge on any atom is 0.229 e. The summed E-state index contributed by atoms with van der Waals surface area (Å²) in [6, 6.07) is 24.4. The van der Waals surface area contributed by atoms with Gasteiger partial charge in [0.2, 0.25) is 14.9 Å². The number of para-hydroxylation sites is 2. The number of anilines is 2. The molecule has 1 unspecified atom stereocenters. The third kappa shape index (κ3) is 2.66. The van der Waals surface area contributed by atoms with E-state index >= 15 is 0 Å². The summed E-state index contributed by atoms with van der Waals surface area (Å²) >= 11 is 0. The van der Waals surface area contributed by atoms with Crippen molar-refractivity contribution in [3.63, 3.8) is 0 Å². The Balaban J connectivity index is 1.66. The van der Waals surface area contributed by atoms with Crippen molar-refractivity contribution in [3.8, 4) is 0 Å². The van der Waals surface area contributed by atoms with Crippen molar-refractivity contribution in [1.29, 1.82) is 0 Å². The van der Waals surface area contributed by atoms with E-state index in [4.69, 9.17) is 4.98 Å². The van der Waals surface area contributed by atoms with E-state index < -0.39 is 9.84 Å². The molecule has 0 N–H and O–H groups in total. The number of fused-ring (bicyclic) bond motifs is 4. The van der Waals surface area contributed by atoms with Gasteiger partial charge in [0.1, 0.15) is 5.82 Å². The molecule has 0 radical (unpaired) electrons. The largest absolute Gasteiger partial charge is 0.322 e. The number of hydrogen-bond donors (Lipinski definition) is 0. The maximum atomic E-state index is 13.4. The van der Waals surface area contributed by atoms with Gasteiger partial charge in [0.25, 0.3) is 0 Å². The standard InChI is InChI=1S/C24H19N5O2S/c1-16-15-17-9-5-7-13-20(17)28(16)22-19-12-6-8-14-21(19)29-23(25-22)24(26-27-29)32(30,31)18-10-3-2-4-11-18/h2-14,16H,15H2,1H3. The molecule has 0 bridgehead atoms. The van der Waals surface area contributed by atoms with Crippen LogP contribution in [0.3, 0.4) is 0 Å². The summed E-state index contributed by atoms with van der Waals surface area (Å²) in [4.78, 5) is 7.22. The summed E-state index contributed by atoms with van der Waals surface area (Å²) in [6.45, 7) is 2.15. The first-order chi connectivity index (χ1) is 15.6. The Morgan fingerprint density at radius 3 is 2.47 bits per heavy atom. The van der Waals surface area contributed by atoms with Crippen LogP contribution in [-0.4, -0.2) is 34.3 Å². The zero-order valence-corrected chi connectivity index (χ0v) is 18.1. The first-order valence-electron chi connectivity index (χ1n) is 10.4. The molecule has 0 spiro atoms. The summed E-state index contributed by atoms with van der Waals surface area (Å²) in [5.41, 5.74) is 3.31. The lowest BCUT2D eigenvalue weighted by molar-refractivity contribution is 0.592. The third-order valence-corrected chi connectivity index (χ3v) is 7.61. The summed E-state index contributed by atoms with van der Waals surface area (Å²) < 4.78 is 28.3. The Morgan fingerprint density at radius 2 is 1.62 bits per heavy atom. The summed E-state index contributed by atoms with van der Waals surface area (Å²) in [6.07, 6.45) is 0.893. The molecule has 5 aromatic rings. The second-order valence-electron chi connectivity index (χ2n) is 7.95. The maximum absolute atomic E-state index is 13.4. The highest BCUT2D eigenvalue weighted by Gasteiger charge is 2.32. The summed E-state index contributed by atoms with van der Waals surface area (Å²) in [5, 5.41) is 8.99. The molecule has 158 valence electrons. The Morgan fingerprint density at radius 1 is 0.906 bits per heavy atom. The van der Waals surface area contributed by atoms with Crippen molar-refractivity contribution in [2.75, 3.05) is 4.90 Å². The topological polar surface area (TPSA) is 80.5 Å². The number of benzene rings is 3. The van der Waals surface area contributed by atoms with Crippen molar-refractivity contribution < 1.29 is 8.42 Å². The highest BCUT2D eigenvalue weighted by molar-refractivity contribution is 7.91. The molecule has 1 aliphatic rings. The fraction of sp³-hybridized carbons (Fsp3) is 0.125. The Bertz CT molecular complexity index is 1600. The fourth-order valence-electron chi connectivity index (χ4n) is 4.49. The van der Waals surface area contributed by atoms with Crippen LogP contribution in [-0.2, 0) is 16.3 Å². The first-order valence-corrected chi connectivity index (χ1v) is 11.9. The highest BCUT2D eigenvalue weighted by Crippen LogP contribution is 2.40. The van der Waals surface area contributed by atoms with Crippen LogP contribution in [0.4, 0.5) is 11.5 Å². The second kappa shape index (κ2) is 6.86. The average molecular weight is 442 g/mol. The highest BCUT2D eigenvalue weighted by atomic mass is 32.2. The van der Waals surface area contributed by atoms with E-state index in [1.165, 1.54) is 10.1 Å². The van der Waals surface area contributed by atoms with E-state index in [1.54, 1.807) is 30.3 Å². The lowest BCUT2D eigenvalue weighted by Crippen LogP contribution is -2.25. The number of aromatic nitrogens is 4. The van der Waals surface area contributed by atoms with Crippen molar-refractivity contribution in [2.45, 2.75) is 29.3 Å². The van der Waals surface area contributed by atoms with Crippen LogP contribution >= 0.6 is 0 Å². The molecule has 0 fully saturated rings. The molecule has 1 aliphatic heterocycles. The minimum Gasteiger partial charge on any atom is -0.322 e. The van der Waals surface area contributed by atoms with Gasteiger partial charge in [0, 0.05) is 17.1 Å². The Labute approximate surface area is 184 Å². The molecule has 3 heterocycles. The predicted octanol–water partition coefficient (Wildman–Crippen LogP) is 4.19. The summed E-state index contributed by atoms with van der Waals surface area (Å²) in [5.74, 6) is 0.706. The van der Waals surface area contributed by atoms with Crippen molar-refractivity contribution >= 4 is 37.9 Å². The van der Waals surface area contributed by atoms with Gasteiger partial charge in [-0.3, -0.25) is 0 Å². The molecule has 0 saturated heterocycles. The smallest absolute Gasteiger partial charge is 0.229 e. The van der Waals surface area contributed by atoms with Gasteiger partial charge in [0.05, 0.1) is 10.4 Å². The van der Waals surface area contributed by atoms with Gasteiger partial charge in [-0.15, -0.1) is 5.10 Å². The molecular formula is C24H19N5O2S. The van der Waals surface area contributed by atoms with Crippen LogP contribution in [0.25, 0.3) is 16.6 Å². The van der Waals surface area contributed by atoms with Crippen LogP contribution in [0.5, 0.6) is 0 Å². The van der Waals surface area contributed by atoms with Crippen LogP contribution in [0.15, 0.2) is 88.8 Å². The fourth-order valence-corrected chi connectivity index (χ4v) is 5.74. The monoisotopic (exact) mass is 441 g/mol. The SMILES string of the molecule is CC1Cc2ccccc2N1c1nc2c(S(=O)(=O)c3ccccc3)nnn2c2ccccc12. The molecule has 3 aromatic carbocycles. The van der Waals surface area contributed by atoms with Crippen molar-refractivity contribution in [3.05, 3.63) is 84.4 Å². The van der Waals surface area contributed by atoms with E-state index in [1.807, 2.05) is 36.4 Å². The van der Waals surface area contributed by atoms with Gasteiger partial charge < -0.3 is 4.90 Å². The number of sulfone groups is 1.